The Hall–Kier alpha value is -1.55. The summed E-state index contributed by atoms with van der Waals surface area (Å²) in [7, 11) is 0. The molecule has 1 aromatic rings. The zero-order valence-electron chi connectivity index (χ0n) is 14.1. The number of hydrogen-bond donors (Lipinski definition) is 1. The standard InChI is InChI=1S/C18H25ClN2O2/c1-18(2,3)14-6-4-13(5-7-14)17(23)20-15-8-10-21(11-9-15)16(22)12-19/h4-7,15H,8-12H2,1-3H3,(H,20,23). The number of benzene rings is 1. The Morgan fingerprint density at radius 1 is 1.17 bits per heavy atom. The van der Waals surface area contributed by atoms with Gasteiger partial charge in [-0.3, -0.25) is 9.59 Å². The molecule has 1 aliphatic heterocycles. The van der Waals surface area contributed by atoms with Crippen LogP contribution in [0.4, 0.5) is 0 Å². The van der Waals surface area contributed by atoms with Crippen molar-refractivity contribution in [2.24, 2.45) is 0 Å². The third-order valence-corrected chi connectivity index (χ3v) is 4.54. The number of carbonyl (C=O) groups excluding carboxylic acids is 2. The zero-order chi connectivity index (χ0) is 17.0. The van der Waals surface area contributed by atoms with Crippen LogP contribution < -0.4 is 5.32 Å². The normalized spacial score (nSPS) is 16.3. The molecular weight excluding hydrogens is 312 g/mol. The van der Waals surface area contributed by atoms with Gasteiger partial charge in [0.25, 0.3) is 5.91 Å². The summed E-state index contributed by atoms with van der Waals surface area (Å²) < 4.78 is 0. The van der Waals surface area contributed by atoms with Crippen molar-refractivity contribution in [3.05, 3.63) is 35.4 Å². The van der Waals surface area contributed by atoms with Crippen LogP contribution in [0.2, 0.25) is 0 Å². The Morgan fingerprint density at radius 3 is 2.22 bits per heavy atom. The molecule has 23 heavy (non-hydrogen) atoms. The molecule has 5 heteroatoms. The maximum atomic E-state index is 12.3. The fourth-order valence-electron chi connectivity index (χ4n) is 2.75. The highest BCUT2D eigenvalue weighted by molar-refractivity contribution is 6.27. The molecule has 1 saturated heterocycles. The molecule has 1 fully saturated rings. The summed E-state index contributed by atoms with van der Waals surface area (Å²) in [6.07, 6.45) is 1.54. The van der Waals surface area contributed by atoms with Crippen LogP contribution in [0.3, 0.4) is 0 Å². The van der Waals surface area contributed by atoms with Crippen LogP contribution in [0.25, 0.3) is 0 Å². The summed E-state index contributed by atoms with van der Waals surface area (Å²) in [6.45, 7) is 7.76. The first-order valence-corrected chi connectivity index (χ1v) is 8.60. The second kappa shape index (κ2) is 7.35. The topological polar surface area (TPSA) is 49.4 Å². The summed E-state index contributed by atoms with van der Waals surface area (Å²) in [6, 6.07) is 7.89. The third-order valence-electron chi connectivity index (χ3n) is 4.31. The molecule has 2 rings (SSSR count). The minimum atomic E-state index is -0.0485. The van der Waals surface area contributed by atoms with Gasteiger partial charge in [0.15, 0.2) is 0 Å². The van der Waals surface area contributed by atoms with Gasteiger partial charge >= 0.3 is 0 Å². The molecule has 0 atom stereocenters. The van der Waals surface area contributed by atoms with Gasteiger partial charge in [0.2, 0.25) is 5.91 Å². The Balaban J connectivity index is 1.89. The highest BCUT2D eigenvalue weighted by atomic mass is 35.5. The maximum absolute atomic E-state index is 12.3. The van der Waals surface area contributed by atoms with E-state index in [9.17, 15) is 9.59 Å². The maximum Gasteiger partial charge on any atom is 0.251 e. The number of nitrogens with zero attached hydrogens (tertiary/aromatic N) is 1. The van der Waals surface area contributed by atoms with Crippen LogP contribution in [0.5, 0.6) is 0 Å². The molecule has 0 aliphatic carbocycles. The molecule has 1 N–H and O–H groups in total. The van der Waals surface area contributed by atoms with Gasteiger partial charge in [-0.15, -0.1) is 11.6 Å². The fraction of sp³-hybridized carbons (Fsp3) is 0.556. The van der Waals surface area contributed by atoms with Crippen LogP contribution in [-0.4, -0.2) is 41.7 Å². The molecule has 0 aromatic heterocycles. The minimum absolute atomic E-state index is 0.0250. The lowest BCUT2D eigenvalue weighted by atomic mass is 9.86. The molecule has 0 radical (unpaired) electrons. The lowest BCUT2D eigenvalue weighted by molar-refractivity contribution is -0.129. The van der Waals surface area contributed by atoms with Crippen molar-refractivity contribution in [1.29, 1.82) is 0 Å². The third kappa shape index (κ3) is 4.71. The van der Waals surface area contributed by atoms with Gasteiger partial charge in [0, 0.05) is 24.7 Å². The smallest absolute Gasteiger partial charge is 0.251 e. The lowest BCUT2D eigenvalue weighted by Gasteiger charge is -2.32. The Bertz CT molecular complexity index is 555. The zero-order valence-corrected chi connectivity index (χ0v) is 14.8. The monoisotopic (exact) mass is 336 g/mol. The molecular formula is C18H25ClN2O2. The van der Waals surface area contributed by atoms with E-state index in [1.807, 2.05) is 24.3 Å². The number of amides is 2. The largest absolute Gasteiger partial charge is 0.349 e. The van der Waals surface area contributed by atoms with Crippen molar-refractivity contribution in [3.63, 3.8) is 0 Å². The summed E-state index contributed by atoms with van der Waals surface area (Å²) in [5.41, 5.74) is 1.97. The molecule has 4 nitrogen and oxygen atoms in total. The SMILES string of the molecule is CC(C)(C)c1ccc(C(=O)NC2CCN(C(=O)CCl)CC2)cc1. The van der Waals surface area contributed by atoms with Gasteiger partial charge in [-0.2, -0.15) is 0 Å². The predicted molar refractivity (Wildman–Crippen MR) is 92.9 cm³/mol. The van der Waals surface area contributed by atoms with Crippen LogP contribution in [0.1, 0.15) is 49.5 Å². The predicted octanol–water partition coefficient (Wildman–Crippen LogP) is 2.94. The van der Waals surface area contributed by atoms with E-state index in [4.69, 9.17) is 11.6 Å². The van der Waals surface area contributed by atoms with Crippen molar-refractivity contribution < 1.29 is 9.59 Å². The second-order valence-corrected chi connectivity index (χ2v) is 7.36. The number of alkyl halides is 1. The van der Waals surface area contributed by atoms with Crippen LogP contribution in [-0.2, 0) is 10.2 Å². The van der Waals surface area contributed by atoms with Gasteiger partial charge in [-0.25, -0.2) is 0 Å². The average molecular weight is 337 g/mol. The molecule has 0 bridgehead atoms. The van der Waals surface area contributed by atoms with E-state index < -0.39 is 0 Å². The van der Waals surface area contributed by atoms with Crippen molar-refractivity contribution in [2.45, 2.75) is 45.1 Å². The first-order chi connectivity index (χ1) is 10.8. The summed E-state index contributed by atoms with van der Waals surface area (Å²) in [5.74, 6) is -0.0567. The highest BCUT2D eigenvalue weighted by Crippen LogP contribution is 2.22. The average Bonchev–Trinajstić information content (AvgIpc) is 2.54. The molecule has 1 heterocycles. The van der Waals surface area contributed by atoms with Gasteiger partial charge in [0.05, 0.1) is 0 Å². The second-order valence-electron chi connectivity index (χ2n) is 7.09. The van der Waals surface area contributed by atoms with Gasteiger partial charge < -0.3 is 10.2 Å². The van der Waals surface area contributed by atoms with Crippen molar-refractivity contribution >= 4 is 23.4 Å². The highest BCUT2D eigenvalue weighted by Gasteiger charge is 2.23. The van der Waals surface area contributed by atoms with E-state index in [0.29, 0.717) is 18.7 Å². The fourth-order valence-corrected chi connectivity index (χ4v) is 2.92. The summed E-state index contributed by atoms with van der Waals surface area (Å²) in [4.78, 5) is 25.6. The quantitative estimate of drug-likeness (QED) is 0.863. The summed E-state index contributed by atoms with van der Waals surface area (Å²) >= 11 is 5.57. The van der Waals surface area contributed by atoms with Crippen LogP contribution >= 0.6 is 11.6 Å². The molecule has 0 saturated carbocycles. The summed E-state index contributed by atoms with van der Waals surface area (Å²) in [5, 5.41) is 3.06. The van der Waals surface area contributed by atoms with Crippen molar-refractivity contribution in [1.82, 2.24) is 10.2 Å². The van der Waals surface area contributed by atoms with Crippen molar-refractivity contribution in [3.8, 4) is 0 Å². The first kappa shape index (κ1) is 17.8. The van der Waals surface area contributed by atoms with Gasteiger partial charge in [0.1, 0.15) is 5.88 Å². The number of hydrogen-bond acceptors (Lipinski definition) is 2. The number of rotatable bonds is 3. The molecule has 0 spiro atoms. The first-order valence-electron chi connectivity index (χ1n) is 8.06. The lowest BCUT2D eigenvalue weighted by Crippen LogP contribution is -2.46. The molecule has 1 aliphatic rings. The number of nitrogens with one attached hydrogen (secondary N) is 1. The Labute approximate surface area is 143 Å². The molecule has 126 valence electrons. The van der Waals surface area contributed by atoms with Gasteiger partial charge in [-0.1, -0.05) is 32.9 Å². The number of piperidine rings is 1. The van der Waals surface area contributed by atoms with E-state index in [1.54, 1.807) is 4.90 Å². The molecule has 2 amide bonds. The number of likely N-dealkylation sites (tertiary alicyclic amines) is 1. The van der Waals surface area contributed by atoms with Crippen LogP contribution in [0.15, 0.2) is 24.3 Å². The molecule has 0 unspecified atom stereocenters. The van der Waals surface area contributed by atoms with E-state index in [1.165, 1.54) is 5.56 Å². The van der Waals surface area contributed by atoms with E-state index in [2.05, 4.69) is 26.1 Å². The minimum Gasteiger partial charge on any atom is -0.349 e. The number of carbonyl (C=O) groups is 2. The van der Waals surface area contributed by atoms with E-state index >= 15 is 0 Å². The molecule has 1 aromatic carbocycles. The van der Waals surface area contributed by atoms with Crippen molar-refractivity contribution in [2.75, 3.05) is 19.0 Å². The Kier molecular flexibility index (Phi) is 5.69. The van der Waals surface area contributed by atoms with E-state index in [-0.39, 0.29) is 29.2 Å². The van der Waals surface area contributed by atoms with Gasteiger partial charge in [-0.05, 0) is 36.0 Å². The van der Waals surface area contributed by atoms with Crippen LogP contribution in [0, 0.1) is 0 Å². The number of halogens is 1. The Morgan fingerprint density at radius 2 is 1.74 bits per heavy atom. The van der Waals surface area contributed by atoms with E-state index in [0.717, 1.165) is 12.8 Å².